The Bertz CT molecular complexity index is 880. The molecule has 3 rings (SSSR count). The van der Waals surface area contributed by atoms with E-state index in [1.54, 1.807) is 25.3 Å². The number of nitrogens with zero attached hydrogens (tertiary/aromatic N) is 3. The van der Waals surface area contributed by atoms with Crippen LogP contribution >= 0.6 is 11.5 Å². The van der Waals surface area contributed by atoms with Crippen molar-refractivity contribution in [2.75, 3.05) is 0 Å². The van der Waals surface area contributed by atoms with Gasteiger partial charge in [-0.25, -0.2) is 18.1 Å². The van der Waals surface area contributed by atoms with Crippen LogP contribution in [0.25, 0.3) is 11.4 Å². The summed E-state index contributed by atoms with van der Waals surface area (Å²) < 4.78 is 31.5. The van der Waals surface area contributed by atoms with Gasteiger partial charge in [-0.3, -0.25) is 4.98 Å². The summed E-state index contributed by atoms with van der Waals surface area (Å²) in [7, 11) is -3.74. The molecule has 2 heterocycles. The Morgan fingerprint density at radius 1 is 1.09 bits per heavy atom. The molecule has 23 heavy (non-hydrogen) atoms. The lowest BCUT2D eigenvalue weighted by atomic mass is 10.2. The van der Waals surface area contributed by atoms with Gasteiger partial charge in [-0.1, -0.05) is 36.4 Å². The van der Waals surface area contributed by atoms with Crippen LogP contribution in [0.2, 0.25) is 0 Å². The van der Waals surface area contributed by atoms with Crippen LogP contribution in [0.15, 0.2) is 59.1 Å². The molecule has 0 saturated heterocycles. The lowest BCUT2D eigenvalue weighted by Crippen LogP contribution is -2.27. The van der Waals surface area contributed by atoms with Crippen molar-refractivity contribution in [3.05, 3.63) is 60.4 Å². The van der Waals surface area contributed by atoms with Crippen molar-refractivity contribution < 1.29 is 8.42 Å². The number of nitrogens with one attached hydrogen (secondary N) is 1. The third-order valence-corrected chi connectivity index (χ3v) is 5.74. The normalized spacial score (nSPS) is 12.9. The highest BCUT2D eigenvalue weighted by Gasteiger charge is 2.23. The minimum Gasteiger partial charge on any atom is -0.260 e. The molecule has 0 amide bonds. The molecule has 0 fully saturated rings. The molecule has 0 aliphatic rings. The van der Waals surface area contributed by atoms with Crippen LogP contribution in [-0.4, -0.2) is 22.8 Å². The molecule has 0 spiro atoms. The molecule has 118 valence electrons. The van der Waals surface area contributed by atoms with Gasteiger partial charge in [0, 0.05) is 11.8 Å². The van der Waals surface area contributed by atoms with Gasteiger partial charge in [0.15, 0.2) is 5.82 Å². The van der Waals surface area contributed by atoms with E-state index in [-0.39, 0.29) is 4.34 Å². The van der Waals surface area contributed by atoms with Crippen LogP contribution in [0.4, 0.5) is 0 Å². The second-order valence-electron chi connectivity index (χ2n) is 4.85. The van der Waals surface area contributed by atoms with Crippen molar-refractivity contribution in [3.63, 3.8) is 0 Å². The summed E-state index contributed by atoms with van der Waals surface area (Å²) in [4.78, 5) is 8.29. The minimum absolute atomic E-state index is 0.0564. The Morgan fingerprint density at radius 3 is 2.52 bits per heavy atom. The van der Waals surface area contributed by atoms with Gasteiger partial charge in [-0.2, -0.15) is 4.37 Å². The standard InChI is InChI=1S/C15H14N4O2S2/c1-11(13-9-5-6-10-16-13)19-23(20,21)15-17-14(18-22-15)12-7-3-2-4-8-12/h2-11,19H,1H3/t11-/m0/s1. The number of hydrogen-bond acceptors (Lipinski definition) is 6. The second-order valence-corrected chi connectivity index (χ2v) is 7.49. The Hall–Kier alpha value is -2.16. The maximum absolute atomic E-state index is 12.4. The number of pyridine rings is 1. The van der Waals surface area contributed by atoms with Crippen molar-refractivity contribution in [1.82, 2.24) is 19.1 Å². The quantitative estimate of drug-likeness (QED) is 0.768. The molecular weight excluding hydrogens is 332 g/mol. The van der Waals surface area contributed by atoms with Gasteiger partial charge >= 0.3 is 0 Å². The average Bonchev–Trinajstić information content (AvgIpc) is 3.07. The smallest absolute Gasteiger partial charge is 0.260 e. The first kappa shape index (κ1) is 15.7. The molecule has 3 aromatic rings. The van der Waals surface area contributed by atoms with E-state index in [4.69, 9.17) is 0 Å². The van der Waals surface area contributed by atoms with Gasteiger partial charge in [0.05, 0.1) is 11.7 Å². The van der Waals surface area contributed by atoms with Crippen molar-refractivity contribution in [2.24, 2.45) is 0 Å². The largest absolute Gasteiger partial charge is 0.270 e. The van der Waals surface area contributed by atoms with E-state index >= 15 is 0 Å². The monoisotopic (exact) mass is 346 g/mol. The number of rotatable bonds is 5. The van der Waals surface area contributed by atoms with Crippen LogP contribution in [-0.2, 0) is 10.0 Å². The average molecular weight is 346 g/mol. The van der Waals surface area contributed by atoms with E-state index in [0.717, 1.165) is 17.1 Å². The molecule has 0 bridgehead atoms. The minimum atomic E-state index is -3.74. The molecule has 1 atom stereocenters. The van der Waals surface area contributed by atoms with Crippen molar-refractivity contribution in [3.8, 4) is 11.4 Å². The maximum Gasteiger partial charge on any atom is 0.270 e. The Labute approximate surface area is 138 Å². The summed E-state index contributed by atoms with van der Waals surface area (Å²) in [5.74, 6) is 0.404. The van der Waals surface area contributed by atoms with Crippen LogP contribution in [0.5, 0.6) is 0 Å². The predicted octanol–water partition coefficient (Wildman–Crippen LogP) is 2.64. The highest BCUT2D eigenvalue weighted by Crippen LogP contribution is 2.22. The first-order chi connectivity index (χ1) is 11.1. The molecule has 8 heteroatoms. The zero-order chi connectivity index (χ0) is 16.3. The predicted molar refractivity (Wildman–Crippen MR) is 88.3 cm³/mol. The molecule has 0 aliphatic heterocycles. The topological polar surface area (TPSA) is 84.8 Å². The van der Waals surface area contributed by atoms with Crippen molar-refractivity contribution in [1.29, 1.82) is 0 Å². The van der Waals surface area contributed by atoms with E-state index in [1.807, 2.05) is 36.4 Å². The van der Waals surface area contributed by atoms with E-state index < -0.39 is 16.1 Å². The molecule has 0 unspecified atom stereocenters. The summed E-state index contributed by atoms with van der Waals surface area (Å²) in [6.07, 6.45) is 1.62. The van der Waals surface area contributed by atoms with E-state index in [2.05, 4.69) is 19.1 Å². The molecule has 0 saturated carbocycles. The second kappa shape index (κ2) is 6.53. The summed E-state index contributed by atoms with van der Waals surface area (Å²) >= 11 is 0.857. The van der Waals surface area contributed by atoms with Gasteiger partial charge in [-0.05, 0) is 30.6 Å². The lowest BCUT2D eigenvalue weighted by molar-refractivity contribution is 0.563. The molecule has 6 nitrogen and oxygen atoms in total. The Balaban J connectivity index is 1.82. The lowest BCUT2D eigenvalue weighted by Gasteiger charge is -2.11. The van der Waals surface area contributed by atoms with Crippen LogP contribution < -0.4 is 4.72 Å². The fraction of sp³-hybridized carbons (Fsp3) is 0.133. The Kier molecular flexibility index (Phi) is 4.46. The van der Waals surface area contributed by atoms with Gasteiger partial charge in [0.25, 0.3) is 10.0 Å². The zero-order valence-corrected chi connectivity index (χ0v) is 13.9. The van der Waals surface area contributed by atoms with E-state index in [9.17, 15) is 8.42 Å². The number of aromatic nitrogens is 3. The molecule has 0 aliphatic carbocycles. The first-order valence-corrected chi connectivity index (χ1v) is 9.14. The van der Waals surface area contributed by atoms with E-state index in [0.29, 0.717) is 11.5 Å². The fourth-order valence-electron chi connectivity index (χ4n) is 2.00. The molecule has 0 radical (unpaired) electrons. The summed E-state index contributed by atoms with van der Waals surface area (Å²) in [5, 5.41) is 0. The fourth-order valence-corrected chi connectivity index (χ4v) is 3.98. The summed E-state index contributed by atoms with van der Waals surface area (Å²) in [6, 6.07) is 14.2. The molecule has 1 N–H and O–H groups in total. The third-order valence-electron chi connectivity index (χ3n) is 3.13. The number of sulfonamides is 1. The summed E-state index contributed by atoms with van der Waals surface area (Å²) in [6.45, 7) is 1.74. The zero-order valence-electron chi connectivity index (χ0n) is 12.2. The molecule has 2 aromatic heterocycles. The van der Waals surface area contributed by atoms with Crippen LogP contribution in [0, 0.1) is 0 Å². The number of hydrogen-bond donors (Lipinski definition) is 1. The van der Waals surface area contributed by atoms with Crippen molar-refractivity contribution >= 4 is 21.6 Å². The SMILES string of the molecule is C[C@H](NS(=O)(=O)c1nc(-c2ccccc2)ns1)c1ccccn1. The van der Waals surface area contributed by atoms with Crippen LogP contribution in [0.3, 0.4) is 0 Å². The van der Waals surface area contributed by atoms with E-state index in [1.165, 1.54) is 0 Å². The van der Waals surface area contributed by atoms with Gasteiger partial charge in [-0.15, -0.1) is 0 Å². The van der Waals surface area contributed by atoms with Gasteiger partial charge in [0.2, 0.25) is 4.34 Å². The van der Waals surface area contributed by atoms with Gasteiger partial charge < -0.3 is 0 Å². The van der Waals surface area contributed by atoms with Crippen molar-refractivity contribution in [2.45, 2.75) is 17.3 Å². The highest BCUT2D eigenvalue weighted by molar-refractivity contribution is 7.91. The molecule has 1 aromatic carbocycles. The molecular formula is C15H14N4O2S2. The maximum atomic E-state index is 12.4. The highest BCUT2D eigenvalue weighted by atomic mass is 32.2. The van der Waals surface area contributed by atoms with Gasteiger partial charge in [0.1, 0.15) is 0 Å². The third kappa shape index (κ3) is 3.61. The first-order valence-electron chi connectivity index (χ1n) is 6.88. The summed E-state index contributed by atoms with van der Waals surface area (Å²) in [5.41, 5.74) is 1.42. The Morgan fingerprint density at radius 2 is 1.83 bits per heavy atom. The van der Waals surface area contributed by atoms with Crippen LogP contribution in [0.1, 0.15) is 18.7 Å². The number of benzene rings is 1.